The third-order valence-corrected chi connectivity index (χ3v) is 3.10. The van der Waals surface area contributed by atoms with Crippen molar-refractivity contribution in [2.24, 2.45) is 0 Å². The van der Waals surface area contributed by atoms with Gasteiger partial charge in [-0.25, -0.2) is 14.4 Å². The van der Waals surface area contributed by atoms with Crippen LogP contribution in [0.5, 0.6) is 0 Å². The number of aromatic nitrogens is 2. The number of hydrogen-bond donors (Lipinski definition) is 1. The zero-order valence-corrected chi connectivity index (χ0v) is 11.7. The maximum atomic E-state index is 13.7. The lowest BCUT2D eigenvalue weighted by Crippen LogP contribution is -2.06. The molecule has 1 N–H and O–H groups in total. The molecule has 1 aromatic heterocycles. The number of halogens is 1. The van der Waals surface area contributed by atoms with Gasteiger partial charge in [-0.2, -0.15) is 0 Å². The summed E-state index contributed by atoms with van der Waals surface area (Å²) < 4.78 is 13.7. The molecule has 0 fully saturated rings. The molecule has 2 aromatic rings. The highest BCUT2D eigenvalue weighted by Gasteiger charge is 2.12. The van der Waals surface area contributed by atoms with E-state index in [9.17, 15) is 4.39 Å². The van der Waals surface area contributed by atoms with Crippen LogP contribution in [0.1, 0.15) is 23.9 Å². The van der Waals surface area contributed by atoms with Crippen LogP contribution in [0.25, 0.3) is 11.3 Å². The summed E-state index contributed by atoms with van der Waals surface area (Å²) in [5.74, 6) is 0.480. The van der Waals surface area contributed by atoms with Crippen molar-refractivity contribution >= 4 is 5.82 Å². The lowest BCUT2D eigenvalue weighted by Gasteiger charge is -2.12. The third-order valence-electron chi connectivity index (χ3n) is 3.10. The molecule has 100 valence electrons. The van der Waals surface area contributed by atoms with Crippen molar-refractivity contribution in [1.82, 2.24) is 9.97 Å². The average Bonchev–Trinajstić information content (AvgIpc) is 2.37. The second-order valence-corrected chi connectivity index (χ2v) is 4.59. The minimum absolute atomic E-state index is 0.222. The van der Waals surface area contributed by atoms with E-state index in [1.807, 2.05) is 26.8 Å². The van der Waals surface area contributed by atoms with Gasteiger partial charge in [0.15, 0.2) is 5.82 Å². The fourth-order valence-corrected chi connectivity index (χ4v) is 1.84. The van der Waals surface area contributed by atoms with E-state index in [4.69, 9.17) is 0 Å². The molecule has 2 rings (SSSR count). The Hall–Kier alpha value is -1.97. The molecule has 19 heavy (non-hydrogen) atoms. The van der Waals surface area contributed by atoms with E-state index in [0.29, 0.717) is 17.1 Å². The van der Waals surface area contributed by atoms with Gasteiger partial charge in [0.25, 0.3) is 0 Å². The van der Waals surface area contributed by atoms with Crippen LogP contribution in [0, 0.1) is 26.6 Å². The lowest BCUT2D eigenvalue weighted by molar-refractivity contribution is 0.619. The molecule has 0 saturated heterocycles. The second kappa shape index (κ2) is 5.34. The van der Waals surface area contributed by atoms with Gasteiger partial charge in [-0.3, -0.25) is 0 Å². The zero-order valence-electron chi connectivity index (χ0n) is 11.7. The van der Waals surface area contributed by atoms with Crippen LogP contribution in [0.15, 0.2) is 18.2 Å². The van der Waals surface area contributed by atoms with Crippen molar-refractivity contribution in [3.63, 3.8) is 0 Å². The first-order valence-electron chi connectivity index (χ1n) is 6.38. The highest BCUT2D eigenvalue weighted by Crippen LogP contribution is 2.26. The molecular weight excluding hydrogens is 241 g/mol. The first kappa shape index (κ1) is 13.5. The largest absolute Gasteiger partial charge is 0.369 e. The van der Waals surface area contributed by atoms with Gasteiger partial charge >= 0.3 is 0 Å². The Morgan fingerprint density at radius 2 is 1.79 bits per heavy atom. The molecule has 0 bridgehead atoms. The molecule has 0 aliphatic carbocycles. The second-order valence-electron chi connectivity index (χ2n) is 4.59. The van der Waals surface area contributed by atoms with Gasteiger partial charge < -0.3 is 5.32 Å². The van der Waals surface area contributed by atoms with E-state index in [-0.39, 0.29) is 5.82 Å². The molecule has 0 spiro atoms. The predicted octanol–water partition coefficient (Wildman–Crippen LogP) is 3.64. The Balaban J connectivity index is 2.59. The van der Waals surface area contributed by atoms with Gasteiger partial charge in [0.05, 0.1) is 11.4 Å². The average molecular weight is 259 g/mol. The van der Waals surface area contributed by atoms with Crippen LogP contribution in [0.3, 0.4) is 0 Å². The number of benzene rings is 1. The summed E-state index contributed by atoms with van der Waals surface area (Å²) in [6.45, 7) is 8.32. The van der Waals surface area contributed by atoms with Gasteiger partial charge in [-0.1, -0.05) is 12.1 Å². The van der Waals surface area contributed by atoms with Crippen LogP contribution in [0.4, 0.5) is 10.2 Å². The molecule has 0 saturated carbocycles. The van der Waals surface area contributed by atoms with Crippen LogP contribution in [0.2, 0.25) is 0 Å². The van der Waals surface area contributed by atoms with Gasteiger partial charge in [-0.15, -0.1) is 0 Å². The van der Waals surface area contributed by atoms with E-state index >= 15 is 0 Å². The minimum atomic E-state index is -0.222. The van der Waals surface area contributed by atoms with Crippen LogP contribution < -0.4 is 5.32 Å². The van der Waals surface area contributed by atoms with Gasteiger partial charge in [0.1, 0.15) is 11.5 Å². The highest BCUT2D eigenvalue weighted by atomic mass is 19.1. The summed E-state index contributed by atoms with van der Waals surface area (Å²) in [5.41, 5.74) is 3.81. The van der Waals surface area contributed by atoms with E-state index in [1.165, 1.54) is 6.07 Å². The van der Waals surface area contributed by atoms with Crippen molar-refractivity contribution in [2.75, 3.05) is 11.9 Å². The number of anilines is 1. The Morgan fingerprint density at radius 1 is 1.11 bits per heavy atom. The Labute approximate surface area is 112 Å². The molecule has 1 heterocycles. The lowest BCUT2D eigenvalue weighted by atomic mass is 10.1. The molecule has 0 atom stereocenters. The first-order chi connectivity index (χ1) is 9.02. The van der Waals surface area contributed by atoms with Gasteiger partial charge in [0, 0.05) is 12.1 Å². The smallest absolute Gasteiger partial charge is 0.152 e. The fraction of sp³-hybridized carbons (Fsp3) is 0.333. The molecule has 4 heteroatoms. The molecule has 0 amide bonds. The molecule has 0 aliphatic heterocycles. The Bertz CT molecular complexity index is 609. The van der Waals surface area contributed by atoms with Gasteiger partial charge in [-0.05, 0) is 39.3 Å². The third kappa shape index (κ3) is 2.72. The number of rotatable bonds is 3. The molecule has 1 aromatic carbocycles. The monoisotopic (exact) mass is 259 g/mol. The van der Waals surface area contributed by atoms with E-state index in [2.05, 4.69) is 15.3 Å². The van der Waals surface area contributed by atoms with Gasteiger partial charge in [0.2, 0.25) is 0 Å². The van der Waals surface area contributed by atoms with E-state index in [1.54, 1.807) is 13.0 Å². The van der Waals surface area contributed by atoms with Crippen molar-refractivity contribution < 1.29 is 4.39 Å². The first-order valence-corrected chi connectivity index (χ1v) is 6.38. The molecule has 3 nitrogen and oxygen atoms in total. The van der Waals surface area contributed by atoms with E-state index < -0.39 is 0 Å². The quantitative estimate of drug-likeness (QED) is 0.914. The number of hydrogen-bond acceptors (Lipinski definition) is 3. The highest BCUT2D eigenvalue weighted by molar-refractivity contribution is 5.72. The standard InChI is InChI=1S/C15H18FN3/c1-5-17-15-14(18-10(3)11(4)19-15)12-7-6-9(2)13(16)8-12/h6-8H,5H2,1-4H3,(H,17,19). The van der Waals surface area contributed by atoms with Crippen LogP contribution >= 0.6 is 0 Å². The Kier molecular flexibility index (Phi) is 3.79. The summed E-state index contributed by atoms with van der Waals surface area (Å²) in [5, 5.41) is 3.18. The number of nitrogens with zero attached hydrogens (tertiary/aromatic N) is 2. The maximum Gasteiger partial charge on any atom is 0.152 e. The maximum absolute atomic E-state index is 13.7. The SMILES string of the molecule is CCNc1nc(C)c(C)nc1-c1ccc(C)c(F)c1. The minimum Gasteiger partial charge on any atom is -0.369 e. The number of aryl methyl sites for hydroxylation is 3. The van der Waals surface area contributed by atoms with Crippen molar-refractivity contribution in [3.05, 3.63) is 41.0 Å². The van der Waals surface area contributed by atoms with E-state index in [0.717, 1.165) is 23.5 Å². The summed E-state index contributed by atoms with van der Waals surface area (Å²) in [7, 11) is 0. The van der Waals surface area contributed by atoms with Crippen LogP contribution in [-0.4, -0.2) is 16.5 Å². The Morgan fingerprint density at radius 3 is 2.42 bits per heavy atom. The van der Waals surface area contributed by atoms with Crippen LogP contribution in [-0.2, 0) is 0 Å². The topological polar surface area (TPSA) is 37.8 Å². The van der Waals surface area contributed by atoms with Crippen molar-refractivity contribution in [3.8, 4) is 11.3 Å². The van der Waals surface area contributed by atoms with Crippen molar-refractivity contribution in [2.45, 2.75) is 27.7 Å². The zero-order chi connectivity index (χ0) is 14.0. The normalized spacial score (nSPS) is 10.6. The summed E-state index contributed by atoms with van der Waals surface area (Å²) in [4.78, 5) is 9.04. The van der Waals surface area contributed by atoms with Crippen molar-refractivity contribution in [1.29, 1.82) is 0 Å². The number of nitrogens with one attached hydrogen (secondary N) is 1. The molecular formula is C15H18FN3. The fourth-order valence-electron chi connectivity index (χ4n) is 1.84. The summed E-state index contributed by atoms with van der Waals surface area (Å²) in [6, 6.07) is 5.14. The predicted molar refractivity (Wildman–Crippen MR) is 75.8 cm³/mol. The summed E-state index contributed by atoms with van der Waals surface area (Å²) >= 11 is 0. The molecule has 0 aliphatic rings. The summed E-state index contributed by atoms with van der Waals surface area (Å²) in [6.07, 6.45) is 0. The molecule has 0 unspecified atom stereocenters. The molecule has 0 radical (unpaired) electrons.